The molecule has 0 atom stereocenters. The average Bonchev–Trinajstić information content (AvgIpc) is 2.51. The maximum atomic E-state index is 11.2. The summed E-state index contributed by atoms with van der Waals surface area (Å²) in [6, 6.07) is 0. The number of carbonyl (C=O) groups excluding carboxylic acids is 1. The molecule has 0 unspecified atom stereocenters. The molecule has 0 aliphatic heterocycles. The molecule has 0 aromatic carbocycles. The summed E-state index contributed by atoms with van der Waals surface area (Å²) >= 11 is 0. The molecule has 0 N–H and O–H groups in total. The molecule has 0 fully saturated rings. The quantitative estimate of drug-likeness (QED) is 0.197. The summed E-state index contributed by atoms with van der Waals surface area (Å²) in [6.45, 7) is 4.66. The molecule has 0 amide bonds. The van der Waals surface area contributed by atoms with Crippen LogP contribution in [-0.2, 0) is 35.7 Å². The normalized spacial score (nSPS) is 10.3. The van der Waals surface area contributed by atoms with Crippen molar-refractivity contribution in [2.45, 2.75) is 117 Å². The summed E-state index contributed by atoms with van der Waals surface area (Å²) in [4.78, 5) is 11.2. The fraction of sp³-hybridized carbons (Fsp3) is 0.950. The van der Waals surface area contributed by atoms with E-state index in [1.54, 1.807) is 0 Å². The average molecular weight is 404 g/mol. The van der Waals surface area contributed by atoms with Crippen LogP contribution in [0.25, 0.3) is 0 Å². The smallest absolute Gasteiger partial charge is 0.305 e. The van der Waals surface area contributed by atoms with E-state index in [9.17, 15) is 4.79 Å². The van der Waals surface area contributed by atoms with Gasteiger partial charge in [-0.05, 0) is 13.3 Å². The molecule has 0 rings (SSSR count). The van der Waals surface area contributed by atoms with Gasteiger partial charge in [0, 0.05) is 32.6 Å². The number of hydrogen-bond donors (Lipinski definition) is 0. The minimum atomic E-state index is -0.0304. The van der Waals surface area contributed by atoms with Gasteiger partial charge in [-0.3, -0.25) is 4.79 Å². The molecule has 0 aromatic rings. The van der Waals surface area contributed by atoms with E-state index >= 15 is 0 Å². The molecular formula is C20H40O2Zr. The predicted molar refractivity (Wildman–Crippen MR) is 96.2 cm³/mol. The summed E-state index contributed by atoms with van der Waals surface area (Å²) in [7, 11) is 0. The topological polar surface area (TPSA) is 26.3 Å². The molecule has 0 aliphatic carbocycles. The number of esters is 1. The van der Waals surface area contributed by atoms with Gasteiger partial charge in [-0.2, -0.15) is 0 Å². The fourth-order valence-corrected chi connectivity index (χ4v) is 2.87. The van der Waals surface area contributed by atoms with Crippen molar-refractivity contribution in [1.82, 2.24) is 0 Å². The second-order valence-electron chi connectivity index (χ2n) is 6.50. The zero-order valence-electron chi connectivity index (χ0n) is 15.8. The number of rotatable bonds is 17. The van der Waals surface area contributed by atoms with Crippen molar-refractivity contribution in [2.24, 2.45) is 0 Å². The minimum Gasteiger partial charge on any atom is -0.466 e. The Kier molecular flexibility index (Phi) is 24.9. The van der Waals surface area contributed by atoms with Crippen molar-refractivity contribution < 1.29 is 35.7 Å². The largest absolute Gasteiger partial charge is 0.466 e. The second kappa shape index (κ2) is 22.4. The molecule has 0 heterocycles. The molecule has 0 radical (unpaired) electrons. The molecular weight excluding hydrogens is 363 g/mol. The third-order valence-corrected chi connectivity index (χ3v) is 4.29. The summed E-state index contributed by atoms with van der Waals surface area (Å²) in [5, 5.41) is 0. The first-order valence-corrected chi connectivity index (χ1v) is 9.96. The van der Waals surface area contributed by atoms with Crippen LogP contribution < -0.4 is 0 Å². The van der Waals surface area contributed by atoms with Gasteiger partial charge in [0.1, 0.15) is 0 Å². The predicted octanol–water partition coefficient (Wildman–Crippen LogP) is 6.81. The van der Waals surface area contributed by atoms with Crippen LogP contribution in [0, 0.1) is 0 Å². The maximum Gasteiger partial charge on any atom is 0.305 e. The van der Waals surface area contributed by atoms with Crippen molar-refractivity contribution in [2.75, 3.05) is 6.61 Å². The SMILES string of the molecule is CCCCCCCCCCCCCCCCCC(=O)OCC.[Zr]. The van der Waals surface area contributed by atoms with Gasteiger partial charge in [0.2, 0.25) is 0 Å². The van der Waals surface area contributed by atoms with Crippen LogP contribution in [0.5, 0.6) is 0 Å². The van der Waals surface area contributed by atoms with E-state index in [1.165, 1.54) is 89.9 Å². The van der Waals surface area contributed by atoms with E-state index in [4.69, 9.17) is 4.74 Å². The molecule has 0 saturated heterocycles. The van der Waals surface area contributed by atoms with Crippen molar-refractivity contribution in [1.29, 1.82) is 0 Å². The van der Waals surface area contributed by atoms with Crippen molar-refractivity contribution in [3.63, 3.8) is 0 Å². The Morgan fingerprint density at radius 3 is 1.30 bits per heavy atom. The summed E-state index contributed by atoms with van der Waals surface area (Å²) in [5.74, 6) is -0.0304. The third-order valence-electron chi connectivity index (χ3n) is 4.29. The Hall–Kier alpha value is 0.353. The van der Waals surface area contributed by atoms with Crippen LogP contribution >= 0.6 is 0 Å². The molecule has 2 nitrogen and oxygen atoms in total. The van der Waals surface area contributed by atoms with Gasteiger partial charge in [0.15, 0.2) is 0 Å². The van der Waals surface area contributed by atoms with Crippen LogP contribution in [0.4, 0.5) is 0 Å². The standard InChI is InChI=1S/C20H40O2.Zr/c1-3-5-6-7-8-9-10-11-12-13-14-15-16-17-18-19-20(21)22-4-2;/h3-19H2,1-2H3;. The van der Waals surface area contributed by atoms with E-state index < -0.39 is 0 Å². The van der Waals surface area contributed by atoms with E-state index in [-0.39, 0.29) is 32.2 Å². The van der Waals surface area contributed by atoms with Gasteiger partial charge in [-0.25, -0.2) is 0 Å². The van der Waals surface area contributed by atoms with Crippen LogP contribution in [0.1, 0.15) is 117 Å². The van der Waals surface area contributed by atoms with Crippen LogP contribution in [-0.4, -0.2) is 12.6 Å². The molecule has 136 valence electrons. The Morgan fingerprint density at radius 1 is 0.609 bits per heavy atom. The maximum absolute atomic E-state index is 11.2. The molecule has 0 aromatic heterocycles. The van der Waals surface area contributed by atoms with E-state index in [2.05, 4.69) is 6.92 Å². The molecule has 0 bridgehead atoms. The Morgan fingerprint density at radius 2 is 0.957 bits per heavy atom. The molecule has 0 saturated carbocycles. The zero-order valence-corrected chi connectivity index (χ0v) is 18.3. The zero-order chi connectivity index (χ0) is 16.3. The monoisotopic (exact) mass is 402 g/mol. The van der Waals surface area contributed by atoms with Gasteiger partial charge < -0.3 is 4.74 Å². The second-order valence-corrected chi connectivity index (χ2v) is 6.50. The van der Waals surface area contributed by atoms with Gasteiger partial charge in [0.25, 0.3) is 0 Å². The Bertz CT molecular complexity index is 232. The summed E-state index contributed by atoms with van der Waals surface area (Å²) in [5.41, 5.74) is 0. The van der Waals surface area contributed by atoms with Crippen molar-refractivity contribution in [3.8, 4) is 0 Å². The Labute approximate surface area is 164 Å². The molecule has 3 heteroatoms. The number of hydrogen-bond acceptors (Lipinski definition) is 2. The Balaban J connectivity index is 0. The van der Waals surface area contributed by atoms with E-state index in [0.29, 0.717) is 13.0 Å². The van der Waals surface area contributed by atoms with Gasteiger partial charge in [0.05, 0.1) is 6.61 Å². The number of unbranched alkanes of at least 4 members (excludes halogenated alkanes) is 14. The summed E-state index contributed by atoms with van der Waals surface area (Å²) in [6.07, 6.45) is 21.0. The van der Waals surface area contributed by atoms with Crippen molar-refractivity contribution >= 4 is 5.97 Å². The number of ether oxygens (including phenoxy) is 1. The molecule has 0 spiro atoms. The van der Waals surface area contributed by atoms with Gasteiger partial charge in [-0.15, -0.1) is 0 Å². The van der Waals surface area contributed by atoms with Crippen LogP contribution in [0.3, 0.4) is 0 Å². The van der Waals surface area contributed by atoms with E-state index in [1.807, 2.05) is 6.92 Å². The molecule has 23 heavy (non-hydrogen) atoms. The third kappa shape index (κ3) is 22.4. The first-order valence-electron chi connectivity index (χ1n) is 9.96. The summed E-state index contributed by atoms with van der Waals surface area (Å²) < 4.78 is 4.92. The van der Waals surface area contributed by atoms with Gasteiger partial charge >= 0.3 is 5.97 Å². The van der Waals surface area contributed by atoms with E-state index in [0.717, 1.165) is 6.42 Å². The first-order chi connectivity index (χ1) is 10.8. The van der Waals surface area contributed by atoms with Crippen molar-refractivity contribution in [3.05, 3.63) is 0 Å². The molecule has 0 aliphatic rings. The minimum absolute atomic E-state index is 0. The van der Waals surface area contributed by atoms with Gasteiger partial charge in [-0.1, -0.05) is 96.8 Å². The van der Waals surface area contributed by atoms with Crippen LogP contribution in [0.2, 0.25) is 0 Å². The van der Waals surface area contributed by atoms with Crippen LogP contribution in [0.15, 0.2) is 0 Å². The fourth-order valence-electron chi connectivity index (χ4n) is 2.87. The number of carbonyl (C=O) groups is 1. The first kappa shape index (κ1) is 25.6.